The molecular formula is C9H13BrF2O. The standard InChI is InChI=1S/C9H13BrF2O/c10-9(11,12)8(13)7-4-5-1-2-6(7)3-5/h5-8,13H,1-4H2. The van der Waals surface area contributed by atoms with Crippen LogP contribution in [0.2, 0.25) is 0 Å². The molecule has 0 heterocycles. The van der Waals surface area contributed by atoms with Crippen LogP contribution in [0.5, 0.6) is 0 Å². The summed E-state index contributed by atoms with van der Waals surface area (Å²) in [6, 6.07) is 0. The molecule has 2 fully saturated rings. The molecule has 4 unspecified atom stereocenters. The summed E-state index contributed by atoms with van der Waals surface area (Å²) in [6.45, 7) is 0. The topological polar surface area (TPSA) is 20.2 Å². The van der Waals surface area contributed by atoms with Crippen LogP contribution in [0.3, 0.4) is 0 Å². The third-order valence-electron chi connectivity index (χ3n) is 3.53. The fourth-order valence-electron chi connectivity index (χ4n) is 2.92. The Morgan fingerprint density at radius 2 is 2.00 bits per heavy atom. The Kier molecular flexibility index (Phi) is 2.39. The van der Waals surface area contributed by atoms with Crippen LogP contribution >= 0.6 is 15.9 Å². The molecule has 4 heteroatoms. The molecule has 2 saturated carbocycles. The van der Waals surface area contributed by atoms with Gasteiger partial charge in [-0.2, -0.15) is 8.78 Å². The van der Waals surface area contributed by atoms with Gasteiger partial charge in [-0.25, -0.2) is 0 Å². The van der Waals surface area contributed by atoms with Crippen LogP contribution in [0.15, 0.2) is 0 Å². The van der Waals surface area contributed by atoms with Gasteiger partial charge in [0.25, 0.3) is 0 Å². The molecule has 0 aromatic rings. The molecule has 2 aliphatic rings. The van der Waals surface area contributed by atoms with E-state index in [1.54, 1.807) is 0 Å². The Morgan fingerprint density at radius 3 is 2.38 bits per heavy atom. The number of rotatable bonds is 2. The summed E-state index contributed by atoms with van der Waals surface area (Å²) in [5.41, 5.74) is 0. The zero-order valence-corrected chi connectivity index (χ0v) is 8.80. The maximum Gasteiger partial charge on any atom is 0.326 e. The van der Waals surface area contributed by atoms with Crippen molar-refractivity contribution in [2.75, 3.05) is 0 Å². The van der Waals surface area contributed by atoms with Gasteiger partial charge in [-0.3, -0.25) is 0 Å². The van der Waals surface area contributed by atoms with Crippen LogP contribution < -0.4 is 0 Å². The lowest BCUT2D eigenvalue weighted by molar-refractivity contribution is -0.0714. The van der Waals surface area contributed by atoms with Gasteiger partial charge in [0.2, 0.25) is 0 Å². The van der Waals surface area contributed by atoms with Gasteiger partial charge in [-0.05, 0) is 52.9 Å². The molecule has 1 N–H and O–H groups in total. The van der Waals surface area contributed by atoms with Gasteiger partial charge in [-0.15, -0.1) is 0 Å². The summed E-state index contributed by atoms with van der Waals surface area (Å²) < 4.78 is 25.5. The molecule has 2 bridgehead atoms. The monoisotopic (exact) mass is 254 g/mol. The quantitative estimate of drug-likeness (QED) is 0.752. The smallest absolute Gasteiger partial charge is 0.326 e. The average molecular weight is 255 g/mol. The zero-order valence-electron chi connectivity index (χ0n) is 7.22. The van der Waals surface area contributed by atoms with Gasteiger partial charge in [0, 0.05) is 0 Å². The largest absolute Gasteiger partial charge is 0.386 e. The first-order valence-corrected chi connectivity index (χ1v) is 5.52. The van der Waals surface area contributed by atoms with Crippen molar-refractivity contribution in [3.8, 4) is 0 Å². The lowest BCUT2D eigenvalue weighted by atomic mass is 9.85. The van der Waals surface area contributed by atoms with E-state index in [-0.39, 0.29) is 5.92 Å². The van der Waals surface area contributed by atoms with Crippen molar-refractivity contribution in [3.63, 3.8) is 0 Å². The second-order valence-corrected chi connectivity index (χ2v) is 5.38. The van der Waals surface area contributed by atoms with E-state index < -0.39 is 10.9 Å². The van der Waals surface area contributed by atoms with E-state index in [1.807, 2.05) is 0 Å². The van der Waals surface area contributed by atoms with E-state index in [0.717, 1.165) is 19.3 Å². The molecule has 0 aromatic carbocycles. The van der Waals surface area contributed by atoms with E-state index >= 15 is 0 Å². The first-order chi connectivity index (χ1) is 5.98. The Hall–Kier alpha value is 0.300. The molecule has 4 atom stereocenters. The van der Waals surface area contributed by atoms with Crippen molar-refractivity contribution in [2.24, 2.45) is 17.8 Å². The van der Waals surface area contributed by atoms with Gasteiger partial charge < -0.3 is 5.11 Å². The highest BCUT2D eigenvalue weighted by Gasteiger charge is 2.50. The van der Waals surface area contributed by atoms with Crippen LogP contribution in [0.4, 0.5) is 8.78 Å². The predicted octanol–water partition coefficient (Wildman–Crippen LogP) is 2.77. The Morgan fingerprint density at radius 1 is 1.31 bits per heavy atom. The second-order valence-electron chi connectivity index (χ2n) is 4.33. The minimum Gasteiger partial charge on any atom is -0.386 e. The summed E-state index contributed by atoms with van der Waals surface area (Å²) in [5, 5.41) is 9.41. The molecule has 0 radical (unpaired) electrons. The van der Waals surface area contributed by atoms with Crippen molar-refractivity contribution in [2.45, 2.75) is 36.6 Å². The number of fused-ring (bicyclic) bond motifs is 2. The Bertz CT molecular complexity index is 204. The number of aliphatic hydroxyl groups is 1. The maximum absolute atomic E-state index is 12.8. The summed E-state index contributed by atoms with van der Waals surface area (Å²) in [4.78, 5) is -3.11. The Balaban J connectivity index is 2.02. The average Bonchev–Trinajstić information content (AvgIpc) is 2.60. The van der Waals surface area contributed by atoms with Crippen LogP contribution in [0, 0.1) is 17.8 Å². The first kappa shape index (κ1) is 9.84. The highest BCUT2D eigenvalue weighted by Crippen LogP contribution is 2.52. The molecule has 1 nitrogen and oxygen atoms in total. The number of alkyl halides is 3. The minimum absolute atomic E-state index is 0.187. The fourth-order valence-corrected chi connectivity index (χ4v) is 3.26. The van der Waals surface area contributed by atoms with E-state index in [2.05, 4.69) is 15.9 Å². The highest BCUT2D eigenvalue weighted by molar-refractivity contribution is 9.10. The number of halogens is 3. The van der Waals surface area contributed by atoms with Crippen LogP contribution in [-0.4, -0.2) is 16.0 Å². The normalized spacial score (nSPS) is 41.1. The van der Waals surface area contributed by atoms with Gasteiger partial charge >= 0.3 is 4.83 Å². The van der Waals surface area contributed by atoms with Crippen LogP contribution in [-0.2, 0) is 0 Å². The van der Waals surface area contributed by atoms with E-state index in [4.69, 9.17) is 0 Å². The van der Waals surface area contributed by atoms with Crippen LogP contribution in [0.25, 0.3) is 0 Å². The van der Waals surface area contributed by atoms with Crippen molar-refractivity contribution in [1.29, 1.82) is 0 Å². The van der Waals surface area contributed by atoms with Gasteiger partial charge in [0.05, 0.1) is 0 Å². The lowest BCUT2D eigenvalue weighted by Crippen LogP contribution is -2.37. The maximum atomic E-state index is 12.8. The van der Waals surface area contributed by atoms with E-state index in [1.165, 1.54) is 6.42 Å². The molecule has 0 aromatic heterocycles. The summed E-state index contributed by atoms with van der Waals surface area (Å²) >= 11 is 2.24. The molecule has 0 spiro atoms. The van der Waals surface area contributed by atoms with Crippen molar-refractivity contribution in [1.82, 2.24) is 0 Å². The molecule has 0 aliphatic heterocycles. The second kappa shape index (κ2) is 3.16. The van der Waals surface area contributed by atoms with E-state index in [9.17, 15) is 13.9 Å². The highest BCUT2D eigenvalue weighted by atomic mass is 79.9. The Labute approximate surface area is 84.6 Å². The summed E-state index contributed by atoms with van der Waals surface area (Å²) in [6.07, 6.45) is 2.53. The minimum atomic E-state index is -3.11. The number of aliphatic hydroxyl groups excluding tert-OH is 1. The van der Waals surface area contributed by atoms with Crippen molar-refractivity contribution < 1.29 is 13.9 Å². The van der Waals surface area contributed by atoms with Crippen LogP contribution in [0.1, 0.15) is 25.7 Å². The fraction of sp³-hybridized carbons (Fsp3) is 1.00. The molecular weight excluding hydrogens is 242 g/mol. The molecule has 0 saturated heterocycles. The predicted molar refractivity (Wildman–Crippen MR) is 48.8 cm³/mol. The third-order valence-corrected chi connectivity index (χ3v) is 4.00. The van der Waals surface area contributed by atoms with Crippen molar-refractivity contribution in [3.05, 3.63) is 0 Å². The number of hydrogen-bond donors (Lipinski definition) is 1. The molecule has 2 aliphatic carbocycles. The van der Waals surface area contributed by atoms with Gasteiger partial charge in [0.1, 0.15) is 6.10 Å². The molecule has 2 rings (SSSR count). The van der Waals surface area contributed by atoms with Crippen molar-refractivity contribution >= 4 is 15.9 Å². The summed E-state index contributed by atoms with van der Waals surface area (Å²) in [7, 11) is 0. The van der Waals surface area contributed by atoms with Gasteiger partial charge in [0.15, 0.2) is 0 Å². The third kappa shape index (κ3) is 1.75. The first-order valence-electron chi connectivity index (χ1n) is 4.73. The molecule has 76 valence electrons. The summed E-state index contributed by atoms with van der Waals surface area (Å²) in [5.74, 6) is 0.746. The lowest BCUT2D eigenvalue weighted by Gasteiger charge is -2.29. The molecule has 13 heavy (non-hydrogen) atoms. The number of hydrogen-bond acceptors (Lipinski definition) is 1. The molecule has 0 amide bonds. The van der Waals surface area contributed by atoms with Gasteiger partial charge in [-0.1, -0.05) is 6.42 Å². The van der Waals surface area contributed by atoms with E-state index in [0.29, 0.717) is 11.8 Å². The SMILES string of the molecule is OC(C1CC2CCC1C2)C(F)(F)Br. The zero-order chi connectivity index (χ0) is 9.64.